The lowest BCUT2D eigenvalue weighted by molar-refractivity contribution is -0.387. The number of halogens is 1. The van der Waals surface area contributed by atoms with Crippen molar-refractivity contribution in [3.05, 3.63) is 52.1 Å². The van der Waals surface area contributed by atoms with E-state index in [9.17, 15) is 14.5 Å². The number of piperidine rings is 1. The standard InChI is InChI=1S/C15H18FN5O2/c16-14-9-13(1-2-15(14)21(22)23)10-19-6-3-12(4-7-19)11-20-8-5-17-18-20/h1-2,5,8-9,12H,3-4,6-7,10-11H2. The molecule has 1 aromatic heterocycles. The van der Waals surface area contributed by atoms with Crippen molar-refractivity contribution in [2.75, 3.05) is 13.1 Å². The van der Waals surface area contributed by atoms with Crippen LogP contribution >= 0.6 is 0 Å². The van der Waals surface area contributed by atoms with Crippen molar-refractivity contribution >= 4 is 5.69 Å². The van der Waals surface area contributed by atoms with Crippen LogP contribution in [0.3, 0.4) is 0 Å². The zero-order valence-electron chi connectivity index (χ0n) is 12.6. The van der Waals surface area contributed by atoms with Gasteiger partial charge in [0, 0.05) is 25.4 Å². The first-order chi connectivity index (χ1) is 11.1. The molecule has 7 nitrogen and oxygen atoms in total. The fourth-order valence-corrected chi connectivity index (χ4v) is 2.98. The highest BCUT2D eigenvalue weighted by molar-refractivity contribution is 5.34. The summed E-state index contributed by atoms with van der Waals surface area (Å²) in [6.07, 6.45) is 5.65. The molecule has 0 aliphatic carbocycles. The van der Waals surface area contributed by atoms with Gasteiger partial charge in [0.2, 0.25) is 5.82 Å². The van der Waals surface area contributed by atoms with Gasteiger partial charge in [0.1, 0.15) is 0 Å². The number of nitro groups is 1. The Labute approximate surface area is 132 Å². The summed E-state index contributed by atoms with van der Waals surface area (Å²) < 4.78 is 15.5. The second-order valence-electron chi connectivity index (χ2n) is 5.89. The minimum Gasteiger partial charge on any atom is -0.299 e. The molecule has 0 spiro atoms. The average Bonchev–Trinajstić information content (AvgIpc) is 3.02. The van der Waals surface area contributed by atoms with E-state index in [1.807, 2.05) is 10.9 Å². The van der Waals surface area contributed by atoms with Crippen LogP contribution in [-0.2, 0) is 13.1 Å². The predicted octanol–water partition coefficient (Wildman–Crippen LogP) is 2.24. The van der Waals surface area contributed by atoms with Crippen LogP contribution in [-0.4, -0.2) is 37.9 Å². The molecule has 0 N–H and O–H groups in total. The second-order valence-corrected chi connectivity index (χ2v) is 5.89. The van der Waals surface area contributed by atoms with Crippen LogP contribution in [0.4, 0.5) is 10.1 Å². The normalized spacial score (nSPS) is 16.6. The molecule has 8 heteroatoms. The van der Waals surface area contributed by atoms with Gasteiger partial charge < -0.3 is 0 Å². The summed E-state index contributed by atoms with van der Waals surface area (Å²) in [5.74, 6) is -0.199. The molecule has 0 unspecified atom stereocenters. The average molecular weight is 319 g/mol. The second kappa shape index (κ2) is 6.82. The number of hydrogen-bond donors (Lipinski definition) is 0. The number of nitrogens with zero attached hydrogens (tertiary/aromatic N) is 5. The highest BCUT2D eigenvalue weighted by atomic mass is 19.1. The van der Waals surface area contributed by atoms with Crippen LogP contribution in [0.1, 0.15) is 18.4 Å². The Morgan fingerprint density at radius 1 is 1.35 bits per heavy atom. The first kappa shape index (κ1) is 15.5. The van der Waals surface area contributed by atoms with Gasteiger partial charge in [-0.25, -0.2) is 0 Å². The Hall–Kier alpha value is -2.35. The minimum atomic E-state index is -0.770. The van der Waals surface area contributed by atoms with Crippen molar-refractivity contribution in [1.29, 1.82) is 0 Å². The third-order valence-corrected chi connectivity index (χ3v) is 4.24. The number of aromatic nitrogens is 3. The molecule has 23 heavy (non-hydrogen) atoms. The molecule has 0 bridgehead atoms. The van der Waals surface area contributed by atoms with E-state index in [4.69, 9.17) is 0 Å². The smallest absolute Gasteiger partial charge is 0.299 e. The molecule has 1 aliphatic rings. The fourth-order valence-electron chi connectivity index (χ4n) is 2.98. The van der Waals surface area contributed by atoms with Gasteiger partial charge in [0.05, 0.1) is 11.1 Å². The molecular formula is C15H18FN5O2. The van der Waals surface area contributed by atoms with E-state index < -0.39 is 16.4 Å². The van der Waals surface area contributed by atoms with E-state index >= 15 is 0 Å². The van der Waals surface area contributed by atoms with Crippen molar-refractivity contribution < 1.29 is 9.31 Å². The van der Waals surface area contributed by atoms with Crippen molar-refractivity contribution in [2.45, 2.75) is 25.9 Å². The van der Waals surface area contributed by atoms with Crippen molar-refractivity contribution in [1.82, 2.24) is 19.9 Å². The Morgan fingerprint density at radius 2 is 2.13 bits per heavy atom. The third kappa shape index (κ3) is 3.89. The number of nitro benzene ring substituents is 1. The van der Waals surface area contributed by atoms with Gasteiger partial charge in [0.15, 0.2) is 0 Å². The first-order valence-electron chi connectivity index (χ1n) is 7.61. The van der Waals surface area contributed by atoms with Crippen LogP contribution in [0.15, 0.2) is 30.6 Å². The van der Waals surface area contributed by atoms with E-state index in [0.29, 0.717) is 12.5 Å². The number of likely N-dealkylation sites (tertiary alicyclic amines) is 1. The molecule has 2 heterocycles. The van der Waals surface area contributed by atoms with E-state index in [1.165, 1.54) is 12.1 Å². The Balaban J connectivity index is 1.52. The van der Waals surface area contributed by atoms with E-state index in [2.05, 4.69) is 15.2 Å². The molecule has 0 radical (unpaired) electrons. The van der Waals surface area contributed by atoms with Crippen LogP contribution in [0.5, 0.6) is 0 Å². The van der Waals surface area contributed by atoms with Gasteiger partial charge in [-0.1, -0.05) is 11.3 Å². The topological polar surface area (TPSA) is 77.1 Å². The Kier molecular flexibility index (Phi) is 4.61. The predicted molar refractivity (Wildman–Crippen MR) is 81.1 cm³/mol. The first-order valence-corrected chi connectivity index (χ1v) is 7.61. The number of hydrogen-bond acceptors (Lipinski definition) is 5. The van der Waals surface area contributed by atoms with E-state index in [1.54, 1.807) is 12.3 Å². The summed E-state index contributed by atoms with van der Waals surface area (Å²) in [5.41, 5.74) is 0.295. The maximum absolute atomic E-state index is 13.7. The van der Waals surface area contributed by atoms with Gasteiger partial charge in [0.25, 0.3) is 0 Å². The SMILES string of the molecule is O=[N+]([O-])c1ccc(CN2CCC(Cn3ccnn3)CC2)cc1F. The van der Waals surface area contributed by atoms with E-state index in [-0.39, 0.29) is 0 Å². The highest BCUT2D eigenvalue weighted by Crippen LogP contribution is 2.22. The maximum Gasteiger partial charge on any atom is 0.304 e. The largest absolute Gasteiger partial charge is 0.304 e. The van der Waals surface area contributed by atoms with Crippen LogP contribution in [0, 0.1) is 21.8 Å². The monoisotopic (exact) mass is 319 g/mol. The summed E-state index contributed by atoms with van der Waals surface area (Å²) in [4.78, 5) is 12.2. The third-order valence-electron chi connectivity index (χ3n) is 4.24. The van der Waals surface area contributed by atoms with Crippen LogP contribution in [0.25, 0.3) is 0 Å². The highest BCUT2D eigenvalue weighted by Gasteiger charge is 2.21. The van der Waals surface area contributed by atoms with Crippen molar-refractivity contribution in [3.8, 4) is 0 Å². The van der Waals surface area contributed by atoms with Crippen molar-refractivity contribution in [2.24, 2.45) is 5.92 Å². The lowest BCUT2D eigenvalue weighted by Gasteiger charge is -2.31. The Morgan fingerprint density at radius 3 is 2.74 bits per heavy atom. The molecule has 122 valence electrons. The lowest BCUT2D eigenvalue weighted by atomic mass is 9.96. The molecule has 2 aromatic rings. The molecule has 0 atom stereocenters. The number of rotatable bonds is 5. The van der Waals surface area contributed by atoms with Gasteiger partial charge >= 0.3 is 5.69 Å². The van der Waals surface area contributed by atoms with Gasteiger partial charge in [-0.15, -0.1) is 5.10 Å². The molecular weight excluding hydrogens is 301 g/mol. The molecule has 3 rings (SSSR count). The van der Waals surface area contributed by atoms with Crippen molar-refractivity contribution in [3.63, 3.8) is 0 Å². The van der Waals surface area contributed by atoms with Gasteiger partial charge in [-0.2, -0.15) is 4.39 Å². The van der Waals surface area contributed by atoms with Crippen LogP contribution < -0.4 is 0 Å². The number of benzene rings is 1. The molecule has 0 saturated carbocycles. The maximum atomic E-state index is 13.7. The van der Waals surface area contributed by atoms with E-state index in [0.717, 1.165) is 38.0 Å². The zero-order chi connectivity index (χ0) is 16.2. The molecule has 1 fully saturated rings. The molecule has 0 amide bonds. The minimum absolute atomic E-state index is 0.472. The quantitative estimate of drug-likeness (QED) is 0.624. The fraction of sp³-hybridized carbons (Fsp3) is 0.467. The summed E-state index contributed by atoms with van der Waals surface area (Å²) in [6, 6.07) is 4.13. The summed E-state index contributed by atoms with van der Waals surface area (Å²) >= 11 is 0. The summed E-state index contributed by atoms with van der Waals surface area (Å²) in [7, 11) is 0. The summed E-state index contributed by atoms with van der Waals surface area (Å²) in [6.45, 7) is 3.35. The molecule has 1 saturated heterocycles. The lowest BCUT2D eigenvalue weighted by Crippen LogP contribution is -2.34. The zero-order valence-corrected chi connectivity index (χ0v) is 12.6. The van der Waals surface area contributed by atoms with Gasteiger partial charge in [-0.05, 0) is 43.5 Å². The van der Waals surface area contributed by atoms with Crippen LogP contribution in [0.2, 0.25) is 0 Å². The Bertz CT molecular complexity index is 669. The molecule has 1 aromatic carbocycles. The van der Waals surface area contributed by atoms with Gasteiger partial charge in [-0.3, -0.25) is 19.7 Å². The molecule has 1 aliphatic heterocycles. The summed E-state index contributed by atoms with van der Waals surface area (Å²) in [5, 5.41) is 18.4.